The number of aliphatic hydroxyl groups excluding tert-OH is 5. The van der Waals surface area contributed by atoms with Crippen LogP contribution >= 0.6 is 0 Å². The summed E-state index contributed by atoms with van der Waals surface area (Å²) < 4.78 is 16.7. The first-order valence-corrected chi connectivity index (χ1v) is 35.7. The first-order valence-electron chi connectivity index (χ1n) is 35.7. The summed E-state index contributed by atoms with van der Waals surface area (Å²) >= 11 is 0. The Bertz CT molecular complexity index is 1640. The van der Waals surface area contributed by atoms with Crippen LogP contribution in [0.25, 0.3) is 0 Å². The number of aliphatic hydroxyl groups is 5. The zero-order chi connectivity index (χ0) is 61.6. The van der Waals surface area contributed by atoms with Gasteiger partial charge in [0.05, 0.1) is 32.0 Å². The van der Waals surface area contributed by atoms with E-state index in [0.29, 0.717) is 19.4 Å². The van der Waals surface area contributed by atoms with Gasteiger partial charge in [-0.25, -0.2) is 0 Å². The topological polar surface area (TPSA) is 175 Å². The third-order valence-corrected chi connectivity index (χ3v) is 16.5. The zero-order valence-electron chi connectivity index (χ0n) is 54.8. The van der Waals surface area contributed by atoms with Gasteiger partial charge in [-0.1, -0.05) is 273 Å². The molecule has 0 aliphatic carbocycles. The van der Waals surface area contributed by atoms with Crippen molar-refractivity contribution < 1.29 is 49.3 Å². The van der Waals surface area contributed by atoms with E-state index in [1.807, 2.05) is 6.08 Å². The average molecular weight is 1200 g/mol. The van der Waals surface area contributed by atoms with Crippen LogP contribution in [0.2, 0.25) is 0 Å². The highest BCUT2D eigenvalue weighted by atomic mass is 16.7. The molecule has 0 spiro atoms. The van der Waals surface area contributed by atoms with E-state index in [9.17, 15) is 35.1 Å². The third kappa shape index (κ3) is 51.7. The van der Waals surface area contributed by atoms with Crippen LogP contribution in [0.5, 0.6) is 0 Å². The monoisotopic (exact) mass is 1200 g/mol. The standard InChI is InChI=1S/C74H133NO10/c1-3-5-7-9-11-13-15-16-17-36-39-42-46-50-54-58-62-70(79)83-63-59-55-51-47-43-40-37-34-32-30-28-26-24-22-20-18-19-21-23-25-27-29-31-33-35-38-41-45-49-53-57-61-69(78)75-66(65-84-74-73(82)72(81)71(80)68(64-76)85-74)67(77)60-56-52-48-44-14-12-10-8-6-4-2/h6,8,14,17,20,22,26,28,36,44,56,60,66-68,71-74,76-77,80-82H,3-5,7,9-13,15-16,18-19,21,23-25,27,29-35,37-43,45-55,57-59,61-65H2,1-2H3,(H,75,78)/b8-6+,22-20-,28-26-,36-17-,44-14+,60-56+. The lowest BCUT2D eigenvalue weighted by molar-refractivity contribution is -0.302. The van der Waals surface area contributed by atoms with Crippen LogP contribution in [0.1, 0.15) is 322 Å². The number of carbonyl (C=O) groups is 2. The van der Waals surface area contributed by atoms with E-state index in [4.69, 9.17) is 14.2 Å². The predicted molar refractivity (Wildman–Crippen MR) is 356 cm³/mol. The van der Waals surface area contributed by atoms with E-state index in [-0.39, 0.29) is 18.5 Å². The van der Waals surface area contributed by atoms with Crippen molar-refractivity contribution in [2.75, 3.05) is 19.8 Å². The van der Waals surface area contributed by atoms with Crippen LogP contribution in [0.3, 0.4) is 0 Å². The van der Waals surface area contributed by atoms with Crippen LogP contribution in [-0.2, 0) is 23.8 Å². The molecule has 0 radical (unpaired) electrons. The molecular weight excluding hydrogens is 1060 g/mol. The van der Waals surface area contributed by atoms with Crippen molar-refractivity contribution in [1.82, 2.24) is 5.32 Å². The highest BCUT2D eigenvalue weighted by Gasteiger charge is 2.44. The Morgan fingerprint density at radius 3 is 1.29 bits per heavy atom. The molecular formula is C74H133NO10. The molecule has 0 aromatic carbocycles. The molecule has 1 aliphatic heterocycles. The first-order chi connectivity index (χ1) is 41.7. The van der Waals surface area contributed by atoms with Crippen LogP contribution < -0.4 is 5.32 Å². The third-order valence-electron chi connectivity index (χ3n) is 16.5. The molecule has 11 nitrogen and oxygen atoms in total. The Balaban J connectivity index is 1.94. The predicted octanol–water partition coefficient (Wildman–Crippen LogP) is 18.3. The zero-order valence-corrected chi connectivity index (χ0v) is 54.8. The number of amides is 1. The van der Waals surface area contributed by atoms with Gasteiger partial charge in [0.1, 0.15) is 24.4 Å². The van der Waals surface area contributed by atoms with Gasteiger partial charge in [0.2, 0.25) is 5.91 Å². The van der Waals surface area contributed by atoms with Gasteiger partial charge in [0, 0.05) is 12.8 Å². The van der Waals surface area contributed by atoms with Gasteiger partial charge >= 0.3 is 5.97 Å². The molecule has 7 unspecified atom stereocenters. The Hall–Kier alpha value is -2.90. The summed E-state index contributed by atoms with van der Waals surface area (Å²) in [5.41, 5.74) is 0. The Morgan fingerprint density at radius 1 is 0.447 bits per heavy atom. The minimum Gasteiger partial charge on any atom is -0.466 e. The second kappa shape index (κ2) is 62.7. The molecule has 1 saturated heterocycles. The largest absolute Gasteiger partial charge is 0.466 e. The van der Waals surface area contributed by atoms with Crippen molar-refractivity contribution in [2.24, 2.45) is 0 Å². The maximum absolute atomic E-state index is 13.0. The second-order valence-electron chi connectivity index (χ2n) is 24.5. The summed E-state index contributed by atoms with van der Waals surface area (Å²) in [7, 11) is 0. The number of esters is 1. The Kier molecular flexibility index (Phi) is 59.1. The molecule has 0 bridgehead atoms. The number of ether oxygens (including phenoxy) is 3. The maximum Gasteiger partial charge on any atom is 0.305 e. The summed E-state index contributed by atoms with van der Waals surface area (Å²) in [6.07, 6.45) is 74.9. The lowest BCUT2D eigenvalue weighted by atomic mass is 9.99. The van der Waals surface area contributed by atoms with Crippen molar-refractivity contribution in [3.8, 4) is 0 Å². The Labute approximate surface area is 521 Å². The van der Waals surface area contributed by atoms with Crippen LogP contribution in [0.4, 0.5) is 0 Å². The molecule has 1 rings (SSSR count). The van der Waals surface area contributed by atoms with Crippen molar-refractivity contribution in [3.63, 3.8) is 0 Å². The summed E-state index contributed by atoms with van der Waals surface area (Å²) in [6, 6.07) is -0.835. The molecule has 6 N–H and O–H groups in total. The fourth-order valence-corrected chi connectivity index (χ4v) is 10.9. The van der Waals surface area contributed by atoms with Gasteiger partial charge < -0.3 is 45.1 Å². The number of nitrogens with one attached hydrogen (secondary N) is 1. The molecule has 0 aromatic rings. The molecule has 1 aliphatic rings. The molecule has 1 fully saturated rings. The average Bonchev–Trinajstić information content (AvgIpc) is 3.71. The van der Waals surface area contributed by atoms with Crippen molar-refractivity contribution in [3.05, 3.63) is 72.9 Å². The van der Waals surface area contributed by atoms with Crippen LogP contribution in [-0.4, -0.2) is 100 Å². The quantitative estimate of drug-likeness (QED) is 0.0195. The van der Waals surface area contributed by atoms with Crippen molar-refractivity contribution in [2.45, 2.75) is 365 Å². The molecule has 0 saturated carbocycles. The molecule has 85 heavy (non-hydrogen) atoms. The molecule has 11 heteroatoms. The van der Waals surface area contributed by atoms with Crippen molar-refractivity contribution >= 4 is 11.9 Å². The second-order valence-corrected chi connectivity index (χ2v) is 24.5. The summed E-state index contributed by atoms with van der Waals surface area (Å²) in [6.45, 7) is 4.21. The number of hydrogen-bond acceptors (Lipinski definition) is 10. The summed E-state index contributed by atoms with van der Waals surface area (Å²) in [5.74, 6) is -0.201. The van der Waals surface area contributed by atoms with Gasteiger partial charge in [-0.2, -0.15) is 0 Å². The molecule has 1 amide bonds. The van der Waals surface area contributed by atoms with E-state index in [1.165, 1.54) is 218 Å². The van der Waals surface area contributed by atoms with E-state index in [1.54, 1.807) is 6.08 Å². The Morgan fingerprint density at radius 2 is 0.835 bits per heavy atom. The first kappa shape index (κ1) is 80.1. The molecule has 0 aromatic heterocycles. The van der Waals surface area contributed by atoms with Gasteiger partial charge in [0.25, 0.3) is 0 Å². The van der Waals surface area contributed by atoms with Gasteiger partial charge in [-0.3, -0.25) is 9.59 Å². The number of allylic oxidation sites excluding steroid dienone is 11. The van der Waals surface area contributed by atoms with E-state index in [0.717, 1.165) is 77.0 Å². The van der Waals surface area contributed by atoms with Gasteiger partial charge in [0.15, 0.2) is 6.29 Å². The fourth-order valence-electron chi connectivity index (χ4n) is 10.9. The van der Waals surface area contributed by atoms with Crippen molar-refractivity contribution in [1.29, 1.82) is 0 Å². The lowest BCUT2D eigenvalue weighted by Gasteiger charge is -2.40. The molecule has 7 atom stereocenters. The minimum absolute atomic E-state index is 0.00298. The maximum atomic E-state index is 13.0. The molecule has 1 heterocycles. The number of carbonyl (C=O) groups excluding carboxylic acids is 2. The van der Waals surface area contributed by atoms with Crippen LogP contribution in [0.15, 0.2) is 72.9 Å². The fraction of sp³-hybridized carbons (Fsp3) is 0.811. The van der Waals surface area contributed by atoms with Gasteiger partial charge in [-0.15, -0.1) is 0 Å². The summed E-state index contributed by atoms with van der Waals surface area (Å²) in [4.78, 5) is 25.1. The van der Waals surface area contributed by atoms with Crippen LogP contribution in [0, 0.1) is 0 Å². The SMILES string of the molecule is CC/C=C/CC/C=C/CC/C=C/C(O)C(COC1OC(CO)C(O)C(O)C1O)NC(=O)CCCCCCCCCCCCCCCCC/C=C\C/C=C\CCCCCCCCCCCOC(=O)CCCCCCC/C=C\CCCCCCCCC. The normalized spacial score (nSPS) is 18.4. The lowest BCUT2D eigenvalue weighted by Crippen LogP contribution is -2.60. The number of hydrogen-bond donors (Lipinski definition) is 6. The van der Waals surface area contributed by atoms with E-state index >= 15 is 0 Å². The smallest absolute Gasteiger partial charge is 0.305 e. The summed E-state index contributed by atoms with van der Waals surface area (Å²) in [5, 5.41) is 54.3. The number of unbranched alkanes of at least 4 members (excludes halogenated alkanes) is 38. The highest BCUT2D eigenvalue weighted by molar-refractivity contribution is 5.76. The van der Waals surface area contributed by atoms with E-state index < -0.39 is 49.5 Å². The van der Waals surface area contributed by atoms with E-state index in [2.05, 4.69) is 79.9 Å². The molecule has 494 valence electrons. The highest BCUT2D eigenvalue weighted by Crippen LogP contribution is 2.23. The minimum atomic E-state index is -1.58. The number of rotatable bonds is 62. The van der Waals surface area contributed by atoms with Gasteiger partial charge in [-0.05, 0) is 109 Å².